The molecule has 0 bridgehead atoms. The summed E-state index contributed by atoms with van der Waals surface area (Å²) in [4.78, 5) is 0. The maximum Gasteiger partial charge on any atom is 1.00 e. The summed E-state index contributed by atoms with van der Waals surface area (Å²) >= 11 is 0. The van der Waals surface area contributed by atoms with Gasteiger partial charge in [0.1, 0.15) is 0 Å². The molecule has 104 valence electrons. The van der Waals surface area contributed by atoms with E-state index in [4.69, 9.17) is 4.74 Å². The average Bonchev–Trinajstić information content (AvgIpc) is 2.57. The number of hydrogen-bond donors (Lipinski definition) is 0. The van der Waals surface area contributed by atoms with Crippen molar-refractivity contribution in [1.82, 2.24) is 0 Å². The fourth-order valence-electron chi connectivity index (χ4n) is 2.31. The van der Waals surface area contributed by atoms with E-state index in [1.165, 1.54) is 10.6 Å². The normalized spacial score (nSPS) is 10.6. The SMILES string of the molecule is [CH2-]P(=Nc1ccccc1)(c1ccccc1)c1ccccc1.[Li+]. The summed E-state index contributed by atoms with van der Waals surface area (Å²) in [6.45, 7) is 4.55. The minimum Gasteiger partial charge on any atom is -0.290 e. The fraction of sp³-hybridized carbons (Fsp3) is 0. The summed E-state index contributed by atoms with van der Waals surface area (Å²) < 4.78 is 5.03. The topological polar surface area (TPSA) is 12.4 Å². The van der Waals surface area contributed by atoms with Crippen LogP contribution in [-0.2, 0) is 0 Å². The first-order valence-electron chi connectivity index (χ1n) is 6.92. The molecule has 3 heteroatoms. The third-order valence-corrected chi connectivity index (χ3v) is 6.29. The summed E-state index contributed by atoms with van der Waals surface area (Å²) in [5, 5.41) is 2.39. The maximum atomic E-state index is 5.03. The van der Waals surface area contributed by atoms with Gasteiger partial charge in [-0.25, -0.2) is 0 Å². The van der Waals surface area contributed by atoms with Gasteiger partial charge in [0.25, 0.3) is 0 Å². The van der Waals surface area contributed by atoms with Crippen LogP contribution in [0.4, 0.5) is 5.69 Å². The van der Waals surface area contributed by atoms with Gasteiger partial charge < -0.3 is 0 Å². The Morgan fingerprint density at radius 2 is 0.955 bits per heavy atom. The van der Waals surface area contributed by atoms with Gasteiger partial charge in [-0.2, -0.15) is 0 Å². The molecular formula is C19H17LiNP. The zero-order valence-corrected chi connectivity index (χ0v) is 13.7. The molecule has 0 aliphatic carbocycles. The predicted molar refractivity (Wildman–Crippen MR) is 93.0 cm³/mol. The van der Waals surface area contributed by atoms with Gasteiger partial charge in [-0.05, 0) is 22.7 Å². The van der Waals surface area contributed by atoms with E-state index in [0.29, 0.717) is 0 Å². The zero-order valence-electron chi connectivity index (χ0n) is 12.8. The van der Waals surface area contributed by atoms with E-state index in [1.807, 2.05) is 42.5 Å². The fourth-order valence-corrected chi connectivity index (χ4v) is 4.69. The Balaban J connectivity index is 0.00000176. The summed E-state index contributed by atoms with van der Waals surface area (Å²) in [5.41, 5.74) is 0.980. The average molecular weight is 297 g/mol. The quantitative estimate of drug-likeness (QED) is 0.398. The molecule has 0 heterocycles. The van der Waals surface area contributed by atoms with Crippen LogP contribution < -0.4 is 29.5 Å². The van der Waals surface area contributed by atoms with Crippen molar-refractivity contribution in [2.24, 2.45) is 4.74 Å². The molecule has 0 aliphatic rings. The Morgan fingerprint density at radius 3 is 1.36 bits per heavy atom. The Morgan fingerprint density at radius 1 is 0.591 bits per heavy atom. The number of nitrogens with zero attached hydrogens (tertiary/aromatic N) is 1. The molecule has 3 aromatic rings. The number of rotatable bonds is 3. The third kappa shape index (κ3) is 3.63. The standard InChI is InChI=1S/C19H17NP.Li/c1-21(18-13-7-3-8-14-18,19-15-9-4-10-16-19)20-17-11-5-2-6-12-17;/h2-16H,1H2;/q-1;+1. The predicted octanol–water partition coefficient (Wildman–Crippen LogP) is 1.97. The van der Waals surface area contributed by atoms with E-state index in [9.17, 15) is 0 Å². The van der Waals surface area contributed by atoms with E-state index in [2.05, 4.69) is 55.2 Å². The van der Waals surface area contributed by atoms with Crippen molar-refractivity contribution in [3.63, 3.8) is 0 Å². The molecule has 0 fully saturated rings. The maximum absolute atomic E-state index is 5.03. The van der Waals surface area contributed by atoms with Gasteiger partial charge in [-0.15, -0.1) is 7.05 Å². The van der Waals surface area contributed by atoms with Gasteiger partial charge in [0.15, 0.2) is 0 Å². The number of hydrogen-bond acceptors (Lipinski definition) is 1. The first kappa shape index (κ1) is 16.9. The van der Waals surface area contributed by atoms with Crippen molar-refractivity contribution in [1.29, 1.82) is 0 Å². The molecule has 0 aliphatic heterocycles. The van der Waals surface area contributed by atoms with Crippen molar-refractivity contribution in [3.05, 3.63) is 97.7 Å². The van der Waals surface area contributed by atoms with E-state index in [1.54, 1.807) is 0 Å². The molecule has 3 rings (SSSR count). The van der Waals surface area contributed by atoms with Crippen LogP contribution in [0.1, 0.15) is 0 Å². The van der Waals surface area contributed by atoms with Gasteiger partial charge in [0, 0.05) is 0 Å². The Bertz CT molecular complexity index is 712. The second kappa shape index (κ2) is 7.66. The molecule has 1 nitrogen and oxygen atoms in total. The van der Waals surface area contributed by atoms with Crippen molar-refractivity contribution in [2.45, 2.75) is 0 Å². The van der Waals surface area contributed by atoms with E-state index >= 15 is 0 Å². The molecule has 0 atom stereocenters. The number of benzene rings is 3. The van der Waals surface area contributed by atoms with Crippen LogP contribution in [0, 0.1) is 6.66 Å². The van der Waals surface area contributed by atoms with Crippen LogP contribution in [0.25, 0.3) is 0 Å². The Kier molecular flexibility index (Phi) is 5.87. The Labute approximate surface area is 144 Å². The molecule has 0 aromatic heterocycles. The molecule has 0 saturated carbocycles. The minimum atomic E-state index is -2.02. The zero-order chi connectivity index (χ0) is 14.5. The molecule has 0 amide bonds. The molecule has 3 aromatic carbocycles. The first-order chi connectivity index (χ1) is 10.3. The van der Waals surface area contributed by atoms with Crippen LogP contribution in [0.15, 0.2) is 95.7 Å². The molecule has 0 radical (unpaired) electrons. The van der Waals surface area contributed by atoms with Crippen molar-refractivity contribution in [3.8, 4) is 0 Å². The summed E-state index contributed by atoms with van der Waals surface area (Å²) in [5.74, 6) is 0. The van der Waals surface area contributed by atoms with Gasteiger partial charge in [-0.1, -0.05) is 78.9 Å². The molecule has 0 unspecified atom stereocenters. The summed E-state index contributed by atoms with van der Waals surface area (Å²) in [6, 6.07) is 30.9. The minimum absolute atomic E-state index is 0. The van der Waals surface area contributed by atoms with Crippen molar-refractivity contribution in [2.75, 3.05) is 0 Å². The van der Waals surface area contributed by atoms with E-state index in [-0.39, 0.29) is 18.9 Å². The van der Waals surface area contributed by atoms with Crippen molar-refractivity contribution >= 4 is 23.4 Å². The van der Waals surface area contributed by atoms with Crippen LogP contribution in [0.5, 0.6) is 0 Å². The van der Waals surface area contributed by atoms with E-state index < -0.39 is 7.05 Å². The van der Waals surface area contributed by atoms with Gasteiger partial charge >= 0.3 is 18.9 Å². The molecule has 0 saturated heterocycles. The molecular weight excluding hydrogens is 280 g/mol. The van der Waals surface area contributed by atoms with Crippen LogP contribution in [0.2, 0.25) is 0 Å². The summed E-state index contributed by atoms with van der Waals surface area (Å²) in [6.07, 6.45) is 0. The first-order valence-corrected chi connectivity index (χ1v) is 8.85. The second-order valence-corrected chi connectivity index (χ2v) is 7.65. The van der Waals surface area contributed by atoms with Crippen LogP contribution in [0.3, 0.4) is 0 Å². The smallest absolute Gasteiger partial charge is 0.290 e. The van der Waals surface area contributed by atoms with Crippen molar-refractivity contribution < 1.29 is 18.9 Å². The van der Waals surface area contributed by atoms with Crippen LogP contribution >= 0.6 is 7.05 Å². The summed E-state index contributed by atoms with van der Waals surface area (Å²) in [7, 11) is -2.02. The van der Waals surface area contributed by atoms with Gasteiger partial charge in [0.2, 0.25) is 0 Å². The third-order valence-electron chi connectivity index (χ3n) is 3.41. The monoisotopic (exact) mass is 297 g/mol. The van der Waals surface area contributed by atoms with E-state index in [0.717, 1.165) is 5.69 Å². The van der Waals surface area contributed by atoms with Crippen LogP contribution in [-0.4, -0.2) is 0 Å². The largest absolute Gasteiger partial charge is 1.00 e. The molecule has 0 spiro atoms. The Hall–Kier alpha value is -1.51. The molecule has 0 N–H and O–H groups in total. The van der Waals surface area contributed by atoms with Gasteiger partial charge in [-0.3, -0.25) is 11.4 Å². The van der Waals surface area contributed by atoms with Gasteiger partial charge in [0.05, 0.1) is 5.69 Å². The molecule has 22 heavy (non-hydrogen) atoms. The second-order valence-electron chi connectivity index (χ2n) is 4.88.